The van der Waals surface area contributed by atoms with Gasteiger partial charge in [-0.15, -0.1) is 0 Å². The number of piperazine rings is 1. The van der Waals surface area contributed by atoms with Gasteiger partial charge >= 0.3 is 12.1 Å². The summed E-state index contributed by atoms with van der Waals surface area (Å²) in [7, 11) is 0. The molecule has 0 unspecified atom stereocenters. The van der Waals surface area contributed by atoms with E-state index in [1.165, 1.54) is 6.07 Å². The molecule has 8 heteroatoms. The van der Waals surface area contributed by atoms with Crippen LogP contribution in [0.15, 0.2) is 42.5 Å². The van der Waals surface area contributed by atoms with Gasteiger partial charge in [0, 0.05) is 31.9 Å². The van der Waals surface area contributed by atoms with Gasteiger partial charge < -0.3 is 19.9 Å². The van der Waals surface area contributed by atoms with Crippen molar-refractivity contribution in [3.8, 4) is 0 Å². The Labute approximate surface area is 168 Å². The van der Waals surface area contributed by atoms with Crippen molar-refractivity contribution in [2.75, 3.05) is 54.4 Å². The fraction of sp³-hybridized carbons (Fsp3) is 0.333. The van der Waals surface area contributed by atoms with Crippen molar-refractivity contribution < 1.29 is 18.7 Å². The molecule has 152 valence electrons. The monoisotopic (exact) mass is 398 g/mol. The second-order valence-corrected chi connectivity index (χ2v) is 7.12. The lowest BCUT2D eigenvalue weighted by Gasteiger charge is -2.36. The summed E-state index contributed by atoms with van der Waals surface area (Å²) in [6, 6.07) is 11.9. The summed E-state index contributed by atoms with van der Waals surface area (Å²) in [5, 5.41) is 2.90. The fourth-order valence-electron chi connectivity index (χ4n) is 3.65. The molecular weight excluding hydrogens is 375 g/mol. The van der Waals surface area contributed by atoms with Crippen LogP contribution in [0.1, 0.15) is 5.56 Å². The van der Waals surface area contributed by atoms with E-state index in [-0.39, 0.29) is 17.9 Å². The van der Waals surface area contributed by atoms with Gasteiger partial charge in [0.05, 0.1) is 17.9 Å². The molecular formula is C21H23FN4O3. The Bertz CT molecular complexity index is 928. The lowest BCUT2D eigenvalue weighted by molar-refractivity contribution is 0.181. The number of rotatable bonds is 3. The third-order valence-corrected chi connectivity index (χ3v) is 5.27. The number of aryl methyl sites for hydroxylation is 1. The van der Waals surface area contributed by atoms with Crippen molar-refractivity contribution in [2.45, 2.75) is 6.92 Å². The van der Waals surface area contributed by atoms with E-state index in [2.05, 4.69) is 5.32 Å². The number of nitrogens with one attached hydrogen (secondary N) is 1. The Balaban J connectivity index is 1.39. The first-order valence-corrected chi connectivity index (χ1v) is 9.63. The van der Waals surface area contributed by atoms with E-state index in [9.17, 15) is 14.0 Å². The summed E-state index contributed by atoms with van der Waals surface area (Å²) >= 11 is 0. The van der Waals surface area contributed by atoms with Gasteiger partial charge in [0.15, 0.2) is 0 Å². The van der Waals surface area contributed by atoms with Crippen LogP contribution in [-0.2, 0) is 4.74 Å². The van der Waals surface area contributed by atoms with E-state index in [0.717, 1.165) is 11.3 Å². The standard InChI is InChI=1S/C21H23FN4O3/c1-15-6-7-16(14-19(15)26-12-13-29-21(26)28)23-20(27)25-10-8-24(9-11-25)18-5-3-2-4-17(18)22/h2-7,14H,8-13H2,1H3,(H,23,27). The molecule has 0 saturated carbocycles. The maximum atomic E-state index is 14.0. The van der Waals surface area contributed by atoms with Crippen LogP contribution in [-0.4, -0.2) is 56.4 Å². The predicted octanol–water partition coefficient (Wildman–Crippen LogP) is 3.44. The number of urea groups is 1. The molecule has 4 rings (SSSR count). The molecule has 1 N–H and O–H groups in total. The highest BCUT2D eigenvalue weighted by Gasteiger charge is 2.26. The van der Waals surface area contributed by atoms with Gasteiger partial charge in [0.2, 0.25) is 0 Å². The molecule has 0 bridgehead atoms. The van der Waals surface area contributed by atoms with Gasteiger partial charge in [-0.1, -0.05) is 18.2 Å². The Morgan fingerprint density at radius 1 is 1.03 bits per heavy atom. The van der Waals surface area contributed by atoms with E-state index in [0.29, 0.717) is 50.7 Å². The number of amides is 3. The van der Waals surface area contributed by atoms with E-state index in [1.54, 1.807) is 28.0 Å². The van der Waals surface area contributed by atoms with Crippen molar-refractivity contribution in [1.82, 2.24) is 4.90 Å². The Morgan fingerprint density at radius 3 is 2.48 bits per heavy atom. The summed E-state index contributed by atoms with van der Waals surface area (Å²) in [4.78, 5) is 29.8. The average Bonchev–Trinajstić information content (AvgIpc) is 3.15. The molecule has 29 heavy (non-hydrogen) atoms. The van der Waals surface area contributed by atoms with E-state index in [1.807, 2.05) is 30.0 Å². The van der Waals surface area contributed by atoms with Gasteiger partial charge in [0.1, 0.15) is 12.4 Å². The molecule has 0 radical (unpaired) electrons. The topological polar surface area (TPSA) is 65.1 Å². The van der Waals surface area contributed by atoms with Crippen LogP contribution >= 0.6 is 0 Å². The molecule has 0 atom stereocenters. The molecule has 3 amide bonds. The largest absolute Gasteiger partial charge is 0.447 e. The van der Waals surface area contributed by atoms with Crippen LogP contribution < -0.4 is 15.1 Å². The van der Waals surface area contributed by atoms with Crippen molar-refractivity contribution in [3.05, 3.63) is 53.8 Å². The van der Waals surface area contributed by atoms with Crippen molar-refractivity contribution in [3.63, 3.8) is 0 Å². The minimum Gasteiger partial charge on any atom is -0.447 e. The molecule has 2 aliphatic rings. The van der Waals surface area contributed by atoms with Crippen LogP contribution in [0, 0.1) is 12.7 Å². The van der Waals surface area contributed by atoms with E-state index >= 15 is 0 Å². The van der Waals surface area contributed by atoms with Gasteiger partial charge in [-0.2, -0.15) is 0 Å². The SMILES string of the molecule is Cc1ccc(NC(=O)N2CCN(c3ccccc3F)CC2)cc1N1CCOC1=O. The number of benzene rings is 2. The molecule has 2 saturated heterocycles. The van der Waals surface area contributed by atoms with Crippen LogP contribution in [0.25, 0.3) is 0 Å². The number of anilines is 3. The first-order chi connectivity index (χ1) is 14.0. The Kier molecular flexibility index (Phi) is 5.24. The number of hydrogen-bond donors (Lipinski definition) is 1. The number of hydrogen-bond acceptors (Lipinski definition) is 4. The van der Waals surface area contributed by atoms with Gasteiger partial charge in [-0.25, -0.2) is 14.0 Å². The van der Waals surface area contributed by atoms with Crippen molar-refractivity contribution >= 4 is 29.2 Å². The number of ether oxygens (including phenoxy) is 1. The second kappa shape index (κ2) is 7.98. The third kappa shape index (κ3) is 3.96. The maximum absolute atomic E-state index is 14.0. The van der Waals surface area contributed by atoms with Gasteiger partial charge in [-0.3, -0.25) is 4.90 Å². The smallest absolute Gasteiger partial charge is 0.414 e. The Morgan fingerprint density at radius 2 is 1.79 bits per heavy atom. The molecule has 2 fully saturated rings. The van der Waals surface area contributed by atoms with Crippen molar-refractivity contribution in [2.24, 2.45) is 0 Å². The first-order valence-electron chi connectivity index (χ1n) is 9.63. The fourth-order valence-corrected chi connectivity index (χ4v) is 3.65. The Hall–Kier alpha value is -3.29. The number of nitrogens with zero attached hydrogens (tertiary/aromatic N) is 3. The molecule has 0 spiro atoms. The highest BCUT2D eigenvalue weighted by atomic mass is 19.1. The lowest BCUT2D eigenvalue weighted by atomic mass is 10.1. The highest BCUT2D eigenvalue weighted by molar-refractivity contribution is 5.94. The van der Waals surface area contributed by atoms with Crippen LogP contribution in [0.3, 0.4) is 0 Å². The van der Waals surface area contributed by atoms with Crippen LogP contribution in [0.2, 0.25) is 0 Å². The summed E-state index contributed by atoms with van der Waals surface area (Å²) in [6.45, 7) is 4.89. The van der Waals surface area contributed by atoms with Gasteiger partial charge in [-0.05, 0) is 36.8 Å². The second-order valence-electron chi connectivity index (χ2n) is 7.12. The highest BCUT2D eigenvalue weighted by Crippen LogP contribution is 2.27. The molecule has 2 aliphatic heterocycles. The average molecular weight is 398 g/mol. The molecule has 7 nitrogen and oxygen atoms in total. The van der Waals surface area contributed by atoms with E-state index < -0.39 is 0 Å². The normalized spacial score (nSPS) is 16.8. The number of carbonyl (C=O) groups excluding carboxylic acids is 2. The summed E-state index contributed by atoms with van der Waals surface area (Å²) in [5.74, 6) is -0.252. The minimum absolute atomic E-state index is 0.211. The zero-order valence-electron chi connectivity index (χ0n) is 16.2. The molecule has 0 aromatic heterocycles. The molecule has 2 aromatic rings. The molecule has 2 heterocycles. The number of halogens is 1. The predicted molar refractivity (Wildman–Crippen MR) is 109 cm³/mol. The summed E-state index contributed by atoms with van der Waals surface area (Å²) < 4.78 is 19.0. The maximum Gasteiger partial charge on any atom is 0.414 e. The number of para-hydroxylation sites is 1. The van der Waals surface area contributed by atoms with Crippen molar-refractivity contribution in [1.29, 1.82) is 0 Å². The third-order valence-electron chi connectivity index (χ3n) is 5.27. The van der Waals surface area contributed by atoms with E-state index in [4.69, 9.17) is 4.74 Å². The molecule has 2 aromatic carbocycles. The van der Waals surface area contributed by atoms with Crippen LogP contribution in [0.4, 0.5) is 31.0 Å². The molecule has 0 aliphatic carbocycles. The van der Waals surface area contributed by atoms with Gasteiger partial charge in [0.25, 0.3) is 0 Å². The lowest BCUT2D eigenvalue weighted by Crippen LogP contribution is -2.50. The quantitative estimate of drug-likeness (QED) is 0.860. The summed E-state index contributed by atoms with van der Waals surface area (Å²) in [6.07, 6.45) is -0.374. The summed E-state index contributed by atoms with van der Waals surface area (Å²) in [5.41, 5.74) is 2.84. The number of carbonyl (C=O) groups is 2. The zero-order valence-corrected chi connectivity index (χ0v) is 16.2. The minimum atomic E-state index is -0.374. The zero-order chi connectivity index (χ0) is 20.4. The first kappa shape index (κ1) is 19.0. The van der Waals surface area contributed by atoms with Crippen LogP contribution in [0.5, 0.6) is 0 Å². The number of cyclic esters (lactones) is 1.